The molecule has 3 unspecified atom stereocenters. The predicted octanol–water partition coefficient (Wildman–Crippen LogP) is 6.60. The molecule has 2 fully saturated rings. The highest BCUT2D eigenvalue weighted by Gasteiger charge is 2.57. The summed E-state index contributed by atoms with van der Waals surface area (Å²) in [6, 6.07) is 0. The van der Waals surface area contributed by atoms with Crippen molar-refractivity contribution in [2.75, 3.05) is 5.75 Å². The van der Waals surface area contributed by atoms with Gasteiger partial charge in [-0.25, -0.2) is 0 Å². The Morgan fingerprint density at radius 1 is 1.09 bits per heavy atom. The molecule has 0 bridgehead atoms. The van der Waals surface area contributed by atoms with Gasteiger partial charge in [0.05, 0.1) is 5.60 Å². The molecule has 5 nitrogen and oxygen atoms in total. The second-order valence-electron chi connectivity index (χ2n) is 11.1. The Morgan fingerprint density at radius 3 is 2.41 bits per heavy atom. The Morgan fingerprint density at radius 2 is 1.78 bits per heavy atom. The summed E-state index contributed by atoms with van der Waals surface area (Å²) in [5.41, 5.74) is -1.00. The van der Waals surface area contributed by atoms with E-state index in [2.05, 4.69) is 6.92 Å². The third-order valence-electron chi connectivity index (χ3n) is 6.52. The lowest BCUT2D eigenvalue weighted by Crippen LogP contribution is -2.55. The molecule has 1 N–H and O–H groups in total. The highest BCUT2D eigenvalue weighted by atomic mass is 32.2. The van der Waals surface area contributed by atoms with Crippen molar-refractivity contribution in [1.82, 2.24) is 0 Å². The van der Waals surface area contributed by atoms with Crippen molar-refractivity contribution in [2.45, 2.75) is 147 Å². The average Bonchev–Trinajstić information content (AvgIpc) is 3.00. The molecular formula is C26H48O5S. The smallest absolute Gasteiger partial charge is 0.306 e. The first-order valence-electron chi connectivity index (χ1n) is 12.9. The van der Waals surface area contributed by atoms with E-state index in [1.807, 2.05) is 46.4 Å². The Labute approximate surface area is 200 Å². The van der Waals surface area contributed by atoms with Crippen molar-refractivity contribution >= 4 is 17.7 Å². The SMILES string of the molecule is CCCCCC(C)(O)CSC1CCC2(OC(C)O2)C1CCCCCCC(=O)OC(C)(C)C. The van der Waals surface area contributed by atoms with Gasteiger partial charge in [-0.15, -0.1) is 0 Å². The number of carbonyl (C=O) groups excluding carboxylic acids is 1. The van der Waals surface area contributed by atoms with Crippen LogP contribution in [0.25, 0.3) is 0 Å². The van der Waals surface area contributed by atoms with Gasteiger partial charge >= 0.3 is 5.97 Å². The third kappa shape index (κ3) is 9.15. The van der Waals surface area contributed by atoms with Crippen LogP contribution in [0.5, 0.6) is 0 Å². The summed E-state index contributed by atoms with van der Waals surface area (Å²) in [5, 5.41) is 11.3. The summed E-state index contributed by atoms with van der Waals surface area (Å²) in [5.74, 6) is 0.655. The fraction of sp³-hybridized carbons (Fsp3) is 0.962. The highest BCUT2D eigenvalue weighted by Crippen LogP contribution is 2.53. The summed E-state index contributed by atoms with van der Waals surface area (Å²) in [6.45, 7) is 11.9. The largest absolute Gasteiger partial charge is 0.460 e. The third-order valence-corrected chi connectivity index (χ3v) is 8.30. The molecule has 1 aliphatic carbocycles. The Kier molecular flexibility index (Phi) is 10.8. The number of ether oxygens (including phenoxy) is 3. The predicted molar refractivity (Wildman–Crippen MR) is 132 cm³/mol. The minimum atomic E-state index is -0.601. The number of hydrogen-bond donors (Lipinski definition) is 1. The topological polar surface area (TPSA) is 65.0 Å². The van der Waals surface area contributed by atoms with E-state index in [0.717, 1.165) is 63.5 Å². The monoisotopic (exact) mass is 472 g/mol. The lowest BCUT2D eigenvalue weighted by molar-refractivity contribution is -0.457. The van der Waals surface area contributed by atoms with Crippen LogP contribution in [0.2, 0.25) is 0 Å². The molecule has 3 atom stereocenters. The zero-order chi connectivity index (χ0) is 23.8. The van der Waals surface area contributed by atoms with Gasteiger partial charge in [-0.05, 0) is 60.3 Å². The van der Waals surface area contributed by atoms with Crippen molar-refractivity contribution in [3.8, 4) is 0 Å². The van der Waals surface area contributed by atoms with Crippen LogP contribution in [0, 0.1) is 5.92 Å². The number of esters is 1. The molecule has 0 aromatic heterocycles. The van der Waals surface area contributed by atoms with E-state index in [4.69, 9.17) is 14.2 Å². The van der Waals surface area contributed by atoms with Gasteiger partial charge in [-0.1, -0.05) is 45.4 Å². The highest BCUT2D eigenvalue weighted by molar-refractivity contribution is 8.00. The zero-order valence-corrected chi connectivity index (χ0v) is 22.2. The van der Waals surface area contributed by atoms with Crippen LogP contribution in [-0.4, -0.2) is 45.4 Å². The van der Waals surface area contributed by atoms with Crippen LogP contribution in [0.4, 0.5) is 0 Å². The van der Waals surface area contributed by atoms with E-state index in [0.29, 0.717) is 17.6 Å². The van der Waals surface area contributed by atoms with Crippen molar-refractivity contribution in [2.24, 2.45) is 5.92 Å². The van der Waals surface area contributed by atoms with E-state index >= 15 is 0 Å². The van der Waals surface area contributed by atoms with Crippen molar-refractivity contribution in [3.05, 3.63) is 0 Å². The number of thioether (sulfide) groups is 1. The maximum atomic E-state index is 11.9. The van der Waals surface area contributed by atoms with Gasteiger partial charge in [0.25, 0.3) is 0 Å². The van der Waals surface area contributed by atoms with Crippen LogP contribution >= 0.6 is 11.8 Å². The Hall–Kier alpha value is -0.300. The van der Waals surface area contributed by atoms with Crippen LogP contribution in [0.1, 0.15) is 119 Å². The molecule has 32 heavy (non-hydrogen) atoms. The van der Waals surface area contributed by atoms with Gasteiger partial charge < -0.3 is 19.3 Å². The molecule has 1 spiro atoms. The maximum Gasteiger partial charge on any atom is 0.306 e. The Bertz CT molecular complexity index is 565. The first kappa shape index (κ1) is 27.9. The van der Waals surface area contributed by atoms with E-state index < -0.39 is 17.0 Å². The fourth-order valence-corrected chi connectivity index (χ4v) is 6.55. The molecule has 2 aliphatic rings. The van der Waals surface area contributed by atoms with Crippen molar-refractivity contribution in [3.63, 3.8) is 0 Å². The zero-order valence-electron chi connectivity index (χ0n) is 21.4. The maximum absolute atomic E-state index is 11.9. The van der Waals surface area contributed by atoms with Gasteiger partial charge in [-0.3, -0.25) is 4.79 Å². The molecule has 0 radical (unpaired) electrons. The first-order chi connectivity index (χ1) is 15.0. The van der Waals surface area contributed by atoms with Crippen molar-refractivity contribution < 1.29 is 24.1 Å². The van der Waals surface area contributed by atoms with E-state index in [1.165, 1.54) is 12.8 Å². The molecule has 188 valence electrons. The lowest BCUT2D eigenvalue weighted by Gasteiger charge is -2.48. The van der Waals surface area contributed by atoms with E-state index in [9.17, 15) is 9.90 Å². The molecule has 0 aromatic rings. The Balaban J connectivity index is 1.75. The van der Waals surface area contributed by atoms with Crippen LogP contribution in [0.3, 0.4) is 0 Å². The number of hydrogen-bond acceptors (Lipinski definition) is 6. The number of aliphatic hydroxyl groups is 1. The minimum Gasteiger partial charge on any atom is -0.460 e. The summed E-state index contributed by atoms with van der Waals surface area (Å²) in [6.07, 6.45) is 12.0. The van der Waals surface area contributed by atoms with Crippen LogP contribution in [-0.2, 0) is 19.0 Å². The second-order valence-corrected chi connectivity index (χ2v) is 12.3. The number of unbranched alkanes of at least 4 members (excludes halogenated alkanes) is 5. The molecule has 2 rings (SSSR count). The summed E-state index contributed by atoms with van der Waals surface area (Å²) >= 11 is 1.92. The molecule has 1 saturated heterocycles. The van der Waals surface area contributed by atoms with Gasteiger partial charge in [-0.2, -0.15) is 11.8 Å². The lowest BCUT2D eigenvalue weighted by atomic mass is 9.93. The second kappa shape index (κ2) is 12.4. The normalized spacial score (nSPS) is 29.7. The van der Waals surface area contributed by atoms with Crippen LogP contribution in [0.15, 0.2) is 0 Å². The molecule has 1 saturated carbocycles. The van der Waals surface area contributed by atoms with Crippen LogP contribution < -0.4 is 0 Å². The fourth-order valence-electron chi connectivity index (χ4n) is 4.98. The van der Waals surface area contributed by atoms with Gasteiger partial charge in [0.2, 0.25) is 0 Å². The van der Waals surface area contributed by atoms with E-state index in [1.54, 1.807) is 0 Å². The molecule has 1 aliphatic heterocycles. The summed E-state index contributed by atoms with van der Waals surface area (Å²) < 4.78 is 17.7. The molecule has 0 amide bonds. The molecule has 0 aromatic carbocycles. The first-order valence-corrected chi connectivity index (χ1v) is 13.9. The van der Waals surface area contributed by atoms with E-state index in [-0.39, 0.29) is 12.3 Å². The summed E-state index contributed by atoms with van der Waals surface area (Å²) in [4.78, 5) is 11.9. The standard InChI is InChI=1S/C26H48O5S/c1-7-8-13-17-25(6,28)19-32-22-16-18-26(29-20(2)30-26)21(22)14-11-9-10-12-15-23(27)31-24(3,4)5/h20-22,28H,7-19H2,1-6H3. The molecule has 1 heterocycles. The van der Waals surface area contributed by atoms with Gasteiger partial charge in [0, 0.05) is 29.8 Å². The van der Waals surface area contributed by atoms with Gasteiger partial charge in [0.1, 0.15) is 5.60 Å². The average molecular weight is 473 g/mol. The summed E-state index contributed by atoms with van der Waals surface area (Å²) in [7, 11) is 0. The minimum absolute atomic E-state index is 0.0973. The quantitative estimate of drug-likeness (QED) is 0.227. The number of rotatable bonds is 14. The molecular weight excluding hydrogens is 424 g/mol. The number of carbonyl (C=O) groups is 1. The molecule has 6 heteroatoms. The van der Waals surface area contributed by atoms with Gasteiger partial charge in [0.15, 0.2) is 12.1 Å². The van der Waals surface area contributed by atoms with Crippen molar-refractivity contribution in [1.29, 1.82) is 0 Å².